The summed E-state index contributed by atoms with van der Waals surface area (Å²) in [5.41, 5.74) is 2.28. The Morgan fingerprint density at radius 3 is 2.38 bits per heavy atom. The smallest absolute Gasteiger partial charge is 0.339 e. The van der Waals surface area contributed by atoms with Crippen LogP contribution >= 0.6 is 0 Å². The number of ether oxygens (including phenoxy) is 3. The summed E-state index contributed by atoms with van der Waals surface area (Å²) in [5.74, 6) is -0.00986. The van der Waals surface area contributed by atoms with Crippen LogP contribution in [-0.4, -0.2) is 67.4 Å². The number of aryl methyl sites for hydroxylation is 1. The number of nitrogens with one attached hydrogen (secondary N) is 1. The minimum atomic E-state index is -0.416. The topological polar surface area (TPSA) is 80.9 Å². The molecule has 0 saturated carbocycles. The predicted octanol–water partition coefficient (Wildman–Crippen LogP) is 2.07. The first-order valence-corrected chi connectivity index (χ1v) is 9.23. The number of methoxy groups -OCH3 is 1. The van der Waals surface area contributed by atoms with E-state index in [1.807, 2.05) is 6.92 Å². The lowest BCUT2D eigenvalue weighted by Crippen LogP contribution is -2.46. The molecule has 1 N–H and O–H groups in total. The number of H-pyrrole nitrogens is 1. The minimum absolute atomic E-state index is 0.00701. The first-order chi connectivity index (χ1) is 12.4. The zero-order chi connectivity index (χ0) is 18.8. The first-order valence-electron chi connectivity index (χ1n) is 9.23. The molecule has 1 aromatic rings. The van der Waals surface area contributed by atoms with Gasteiger partial charge >= 0.3 is 5.97 Å². The highest BCUT2D eigenvalue weighted by Crippen LogP contribution is 2.28. The molecular formula is C19H28N2O5. The van der Waals surface area contributed by atoms with Crippen molar-refractivity contribution in [2.45, 2.75) is 45.9 Å². The summed E-state index contributed by atoms with van der Waals surface area (Å²) in [4.78, 5) is 30.2. The number of likely N-dealkylation sites (tertiary alicyclic amines) is 1. The van der Waals surface area contributed by atoms with Gasteiger partial charge in [0.25, 0.3) is 0 Å². The fourth-order valence-electron chi connectivity index (χ4n) is 4.01. The molecule has 3 heterocycles. The van der Waals surface area contributed by atoms with E-state index in [4.69, 9.17) is 14.2 Å². The standard InChI is InChI=1S/C19H28N2O5/c1-11-15(18(23)24-4)12(2)20-16(11)17(22)13(3)21-7-5-14(6-8-21)19-25-9-10-26-19/h13-14,19-20H,5-10H2,1-4H3. The number of Topliss-reactive ketones (excluding diaryl/α,β-unsaturated/α-hetero) is 1. The van der Waals surface area contributed by atoms with Crippen LogP contribution in [0.4, 0.5) is 0 Å². The Morgan fingerprint density at radius 2 is 1.81 bits per heavy atom. The Bertz CT molecular complexity index is 670. The van der Waals surface area contributed by atoms with Crippen LogP contribution in [0.25, 0.3) is 0 Å². The monoisotopic (exact) mass is 364 g/mol. The SMILES string of the molecule is COC(=O)c1c(C)[nH]c(C(=O)C(C)N2CCC(C3OCCO3)CC2)c1C. The molecular weight excluding hydrogens is 336 g/mol. The number of carbonyl (C=O) groups is 2. The molecule has 2 fully saturated rings. The highest BCUT2D eigenvalue weighted by atomic mass is 16.7. The maximum atomic E-state index is 13.0. The lowest BCUT2D eigenvalue weighted by Gasteiger charge is -2.36. The Labute approximate surface area is 154 Å². The van der Waals surface area contributed by atoms with Gasteiger partial charge in [0, 0.05) is 11.6 Å². The molecule has 26 heavy (non-hydrogen) atoms. The number of aromatic nitrogens is 1. The van der Waals surface area contributed by atoms with Gasteiger partial charge in [-0.3, -0.25) is 9.69 Å². The van der Waals surface area contributed by atoms with Crippen LogP contribution in [0, 0.1) is 19.8 Å². The van der Waals surface area contributed by atoms with Crippen LogP contribution < -0.4 is 0 Å². The van der Waals surface area contributed by atoms with Gasteiger partial charge in [-0.15, -0.1) is 0 Å². The van der Waals surface area contributed by atoms with E-state index in [0.717, 1.165) is 25.9 Å². The van der Waals surface area contributed by atoms with Crippen LogP contribution in [0.3, 0.4) is 0 Å². The van der Waals surface area contributed by atoms with Crippen LogP contribution in [0.15, 0.2) is 0 Å². The molecule has 3 rings (SSSR count). The molecule has 144 valence electrons. The van der Waals surface area contributed by atoms with E-state index in [0.29, 0.717) is 41.6 Å². The van der Waals surface area contributed by atoms with Gasteiger partial charge in [-0.2, -0.15) is 0 Å². The van der Waals surface area contributed by atoms with Crippen molar-refractivity contribution in [1.29, 1.82) is 0 Å². The summed E-state index contributed by atoms with van der Waals surface area (Å²) >= 11 is 0. The molecule has 0 amide bonds. The third-order valence-electron chi connectivity index (χ3n) is 5.61. The maximum absolute atomic E-state index is 13.0. The lowest BCUT2D eigenvalue weighted by molar-refractivity contribution is -0.0983. The summed E-state index contributed by atoms with van der Waals surface area (Å²) in [6.07, 6.45) is 1.83. The van der Waals surface area contributed by atoms with Gasteiger partial charge in [0.15, 0.2) is 12.1 Å². The minimum Gasteiger partial charge on any atom is -0.465 e. The van der Waals surface area contributed by atoms with Gasteiger partial charge in [-0.05, 0) is 52.3 Å². The molecule has 0 aliphatic carbocycles. The summed E-state index contributed by atoms with van der Waals surface area (Å²) < 4.78 is 16.1. The van der Waals surface area contributed by atoms with Gasteiger partial charge in [0.1, 0.15) is 0 Å². The number of carbonyl (C=O) groups excluding carboxylic acids is 2. The lowest BCUT2D eigenvalue weighted by atomic mass is 9.94. The van der Waals surface area contributed by atoms with E-state index >= 15 is 0 Å². The van der Waals surface area contributed by atoms with Gasteiger partial charge in [0.2, 0.25) is 0 Å². The van der Waals surface area contributed by atoms with Crippen molar-refractivity contribution in [3.8, 4) is 0 Å². The fourth-order valence-corrected chi connectivity index (χ4v) is 4.01. The van der Waals surface area contributed by atoms with E-state index in [2.05, 4.69) is 9.88 Å². The Hall–Kier alpha value is -1.70. The van der Waals surface area contributed by atoms with Gasteiger partial charge in [0.05, 0.1) is 37.6 Å². The van der Waals surface area contributed by atoms with Crippen LogP contribution in [0.1, 0.15) is 51.9 Å². The van der Waals surface area contributed by atoms with Crippen LogP contribution in [0.5, 0.6) is 0 Å². The highest BCUT2D eigenvalue weighted by molar-refractivity contribution is 6.03. The molecule has 1 aromatic heterocycles. The number of piperidine rings is 1. The number of aromatic amines is 1. The summed E-state index contributed by atoms with van der Waals surface area (Å²) in [6.45, 7) is 8.53. The van der Waals surface area contributed by atoms with Gasteiger partial charge < -0.3 is 19.2 Å². The molecule has 0 spiro atoms. The van der Waals surface area contributed by atoms with Crippen molar-refractivity contribution in [3.63, 3.8) is 0 Å². The number of esters is 1. The number of rotatable bonds is 5. The average molecular weight is 364 g/mol. The second kappa shape index (κ2) is 7.90. The summed E-state index contributed by atoms with van der Waals surface area (Å²) in [6, 6.07) is -0.247. The third kappa shape index (κ3) is 3.56. The molecule has 2 aliphatic rings. The molecule has 1 unspecified atom stereocenters. The van der Waals surface area contributed by atoms with Crippen molar-refractivity contribution < 1.29 is 23.8 Å². The van der Waals surface area contributed by atoms with Crippen LogP contribution in [-0.2, 0) is 14.2 Å². The second-order valence-electron chi connectivity index (χ2n) is 7.14. The summed E-state index contributed by atoms with van der Waals surface area (Å²) in [7, 11) is 1.35. The van der Waals surface area contributed by atoms with Crippen molar-refractivity contribution in [2.24, 2.45) is 5.92 Å². The predicted molar refractivity (Wildman–Crippen MR) is 95.4 cm³/mol. The quantitative estimate of drug-likeness (QED) is 0.636. The largest absolute Gasteiger partial charge is 0.465 e. The number of hydrogen-bond donors (Lipinski definition) is 1. The first kappa shape index (κ1) is 19.1. The molecule has 7 nitrogen and oxygen atoms in total. The maximum Gasteiger partial charge on any atom is 0.339 e. The third-order valence-corrected chi connectivity index (χ3v) is 5.61. The Kier molecular flexibility index (Phi) is 5.79. The van der Waals surface area contributed by atoms with Crippen molar-refractivity contribution >= 4 is 11.8 Å². The van der Waals surface area contributed by atoms with E-state index in [1.54, 1.807) is 13.8 Å². The fraction of sp³-hybridized carbons (Fsp3) is 0.684. The van der Waals surface area contributed by atoms with E-state index in [9.17, 15) is 9.59 Å². The molecule has 0 radical (unpaired) electrons. The van der Waals surface area contributed by atoms with Crippen molar-refractivity contribution in [1.82, 2.24) is 9.88 Å². The van der Waals surface area contributed by atoms with E-state index in [-0.39, 0.29) is 18.1 Å². The highest BCUT2D eigenvalue weighted by Gasteiger charge is 2.34. The number of nitrogens with zero attached hydrogens (tertiary/aromatic N) is 1. The number of hydrogen-bond acceptors (Lipinski definition) is 6. The van der Waals surface area contributed by atoms with Crippen molar-refractivity contribution in [2.75, 3.05) is 33.4 Å². The molecule has 0 bridgehead atoms. The second-order valence-corrected chi connectivity index (χ2v) is 7.14. The normalized spacial score (nSPS) is 21.1. The zero-order valence-electron chi connectivity index (χ0n) is 16.0. The summed E-state index contributed by atoms with van der Waals surface area (Å²) in [5, 5.41) is 0. The average Bonchev–Trinajstić information content (AvgIpc) is 3.28. The zero-order valence-corrected chi connectivity index (χ0v) is 16.0. The van der Waals surface area contributed by atoms with Crippen LogP contribution in [0.2, 0.25) is 0 Å². The molecule has 7 heteroatoms. The van der Waals surface area contributed by atoms with E-state index in [1.165, 1.54) is 7.11 Å². The van der Waals surface area contributed by atoms with Gasteiger partial charge in [-0.1, -0.05) is 0 Å². The molecule has 2 aliphatic heterocycles. The molecule has 2 saturated heterocycles. The van der Waals surface area contributed by atoms with Gasteiger partial charge in [-0.25, -0.2) is 4.79 Å². The Morgan fingerprint density at radius 1 is 1.19 bits per heavy atom. The molecule has 1 atom stereocenters. The molecule has 0 aromatic carbocycles. The Balaban J connectivity index is 1.66. The number of ketones is 1. The van der Waals surface area contributed by atoms with Crippen molar-refractivity contribution in [3.05, 3.63) is 22.5 Å². The van der Waals surface area contributed by atoms with E-state index < -0.39 is 5.97 Å².